The van der Waals surface area contributed by atoms with E-state index in [0.29, 0.717) is 12.8 Å². The SMILES string of the molecule is COC(=O)[C@H](CC(=O)OCc1ccccc1)NC(=O)[C@H](CC(C)C)NC(=O)[C@H](CCCCNC(=O)OCc1ccccc1)NC(=O)OC(C)(C)C. The van der Waals surface area contributed by atoms with Gasteiger partial charge in [-0.05, 0) is 63.5 Å². The quantitative estimate of drug-likeness (QED) is 0.0930. The highest BCUT2D eigenvalue weighted by atomic mass is 16.6. The fraction of sp³-hybridized carbons (Fsp3) is 0.514. The number of benzene rings is 2. The summed E-state index contributed by atoms with van der Waals surface area (Å²) in [5, 5.41) is 10.4. The molecule has 2 aromatic carbocycles. The van der Waals surface area contributed by atoms with E-state index < -0.39 is 66.1 Å². The number of amides is 4. The van der Waals surface area contributed by atoms with Gasteiger partial charge in [0.25, 0.3) is 0 Å². The molecular formula is C37H52N4O10. The molecule has 0 fully saturated rings. The van der Waals surface area contributed by atoms with Crippen molar-refractivity contribution >= 4 is 35.9 Å². The fourth-order valence-electron chi connectivity index (χ4n) is 4.70. The van der Waals surface area contributed by atoms with Crippen molar-refractivity contribution in [3.8, 4) is 0 Å². The minimum Gasteiger partial charge on any atom is -0.467 e. The Bertz CT molecular complexity index is 1410. The van der Waals surface area contributed by atoms with Gasteiger partial charge in [-0.3, -0.25) is 14.4 Å². The Morgan fingerprint density at radius 3 is 1.78 bits per heavy atom. The maximum atomic E-state index is 13.6. The van der Waals surface area contributed by atoms with Gasteiger partial charge in [0.05, 0.1) is 13.5 Å². The zero-order chi connectivity index (χ0) is 37.8. The molecule has 0 unspecified atom stereocenters. The lowest BCUT2D eigenvalue weighted by molar-refractivity contribution is -0.153. The Kier molecular flexibility index (Phi) is 18.0. The van der Waals surface area contributed by atoms with E-state index >= 15 is 0 Å². The molecule has 0 aromatic heterocycles. The van der Waals surface area contributed by atoms with Gasteiger partial charge < -0.3 is 40.2 Å². The predicted molar refractivity (Wildman–Crippen MR) is 188 cm³/mol. The molecule has 0 heterocycles. The molecular weight excluding hydrogens is 660 g/mol. The molecule has 0 aliphatic heterocycles. The number of hydrogen-bond acceptors (Lipinski definition) is 10. The molecule has 4 amide bonds. The number of alkyl carbamates (subject to hydrolysis) is 2. The number of hydrogen-bond donors (Lipinski definition) is 4. The van der Waals surface area contributed by atoms with Crippen LogP contribution in [0.4, 0.5) is 9.59 Å². The Balaban J connectivity index is 2.04. The Morgan fingerprint density at radius 2 is 1.24 bits per heavy atom. The molecule has 0 aliphatic rings. The lowest BCUT2D eigenvalue weighted by atomic mass is 10.0. The molecule has 0 saturated heterocycles. The van der Waals surface area contributed by atoms with Gasteiger partial charge in [-0.25, -0.2) is 14.4 Å². The molecule has 0 spiro atoms. The number of nitrogens with one attached hydrogen (secondary N) is 4. The lowest BCUT2D eigenvalue weighted by Crippen LogP contribution is -2.56. The third-order valence-electron chi connectivity index (χ3n) is 7.16. The average molecular weight is 713 g/mol. The first-order valence-corrected chi connectivity index (χ1v) is 17.0. The summed E-state index contributed by atoms with van der Waals surface area (Å²) in [5.74, 6) is -3.05. The van der Waals surface area contributed by atoms with Crippen molar-refractivity contribution in [3.63, 3.8) is 0 Å². The van der Waals surface area contributed by atoms with Crippen LogP contribution in [-0.2, 0) is 51.3 Å². The normalized spacial score (nSPS) is 12.8. The summed E-state index contributed by atoms with van der Waals surface area (Å²) in [6, 6.07) is 14.6. The van der Waals surface area contributed by atoms with E-state index in [1.807, 2.05) is 50.2 Å². The summed E-state index contributed by atoms with van der Waals surface area (Å²) < 4.78 is 20.7. The first kappa shape index (κ1) is 42.0. The molecule has 2 aromatic rings. The molecule has 14 heteroatoms. The van der Waals surface area contributed by atoms with Gasteiger partial charge >= 0.3 is 24.1 Å². The van der Waals surface area contributed by atoms with Crippen LogP contribution in [0.1, 0.15) is 77.8 Å². The van der Waals surface area contributed by atoms with Gasteiger partial charge in [-0.15, -0.1) is 0 Å². The highest BCUT2D eigenvalue weighted by Gasteiger charge is 2.32. The number of esters is 2. The smallest absolute Gasteiger partial charge is 0.408 e. The highest BCUT2D eigenvalue weighted by molar-refractivity contribution is 5.94. The van der Waals surface area contributed by atoms with Crippen LogP contribution < -0.4 is 21.3 Å². The Hall–Kier alpha value is -5.14. The molecule has 14 nitrogen and oxygen atoms in total. The maximum absolute atomic E-state index is 13.6. The van der Waals surface area contributed by atoms with Crippen LogP contribution in [0.3, 0.4) is 0 Å². The van der Waals surface area contributed by atoms with Crippen LogP contribution in [0.25, 0.3) is 0 Å². The molecule has 2 rings (SSSR count). The van der Waals surface area contributed by atoms with Gasteiger partial charge in [0.1, 0.15) is 36.9 Å². The summed E-state index contributed by atoms with van der Waals surface area (Å²) in [4.78, 5) is 77.0. The third kappa shape index (κ3) is 17.9. The van der Waals surface area contributed by atoms with Gasteiger partial charge in [0.15, 0.2) is 0 Å². The predicted octanol–water partition coefficient (Wildman–Crippen LogP) is 4.30. The second-order valence-corrected chi connectivity index (χ2v) is 13.3. The average Bonchev–Trinajstić information content (AvgIpc) is 3.08. The summed E-state index contributed by atoms with van der Waals surface area (Å²) in [5.41, 5.74) is 0.762. The molecule has 0 aliphatic carbocycles. The molecule has 0 bridgehead atoms. The number of ether oxygens (including phenoxy) is 4. The summed E-state index contributed by atoms with van der Waals surface area (Å²) in [6.07, 6.45) is -0.713. The summed E-state index contributed by atoms with van der Waals surface area (Å²) >= 11 is 0. The standard InChI is InChI=1S/C37H52N4O10/c1-25(2)21-29(33(44)40-30(34(45)48-6)22-31(42)49-23-26-15-9-7-10-16-26)39-32(43)28(41-36(47)51-37(3,4)5)19-13-14-20-38-35(46)50-24-27-17-11-8-12-18-27/h7-12,15-18,25,28-30H,13-14,19-24H2,1-6H3,(H,38,46)(H,39,43)(H,40,44)(H,41,47)/t28-,29-,30-/m0/s1. The van der Waals surface area contributed by atoms with E-state index in [9.17, 15) is 28.8 Å². The topological polar surface area (TPSA) is 187 Å². The van der Waals surface area contributed by atoms with Crippen LogP contribution in [0.15, 0.2) is 60.7 Å². The van der Waals surface area contributed by atoms with Gasteiger partial charge in [0, 0.05) is 6.54 Å². The van der Waals surface area contributed by atoms with E-state index in [1.54, 1.807) is 45.0 Å². The van der Waals surface area contributed by atoms with Crippen molar-refractivity contribution in [2.75, 3.05) is 13.7 Å². The first-order chi connectivity index (χ1) is 24.2. The van der Waals surface area contributed by atoms with Gasteiger partial charge in [-0.1, -0.05) is 74.5 Å². The number of carbonyl (C=O) groups excluding carboxylic acids is 6. The van der Waals surface area contributed by atoms with Crippen molar-refractivity contribution < 1.29 is 47.7 Å². The second kappa shape index (κ2) is 21.8. The summed E-state index contributed by atoms with van der Waals surface area (Å²) in [7, 11) is 1.13. The van der Waals surface area contributed by atoms with E-state index in [-0.39, 0.29) is 38.5 Å². The molecule has 280 valence electrons. The lowest BCUT2D eigenvalue weighted by Gasteiger charge is -2.27. The molecule has 0 radical (unpaired) electrons. The Morgan fingerprint density at radius 1 is 0.686 bits per heavy atom. The van der Waals surface area contributed by atoms with Crippen LogP contribution in [-0.4, -0.2) is 73.3 Å². The highest BCUT2D eigenvalue weighted by Crippen LogP contribution is 2.12. The van der Waals surface area contributed by atoms with Crippen molar-refractivity contribution in [1.29, 1.82) is 0 Å². The maximum Gasteiger partial charge on any atom is 0.408 e. The van der Waals surface area contributed by atoms with Gasteiger partial charge in [0.2, 0.25) is 11.8 Å². The van der Waals surface area contributed by atoms with Crippen molar-refractivity contribution in [2.45, 2.75) is 104 Å². The van der Waals surface area contributed by atoms with E-state index in [4.69, 9.17) is 18.9 Å². The Labute approximate surface area is 299 Å². The fourth-order valence-corrected chi connectivity index (χ4v) is 4.70. The number of carbonyl (C=O) groups is 6. The number of rotatable bonds is 19. The van der Waals surface area contributed by atoms with Crippen molar-refractivity contribution in [3.05, 3.63) is 71.8 Å². The summed E-state index contributed by atoms with van der Waals surface area (Å²) in [6.45, 7) is 9.11. The number of methoxy groups -OCH3 is 1. The van der Waals surface area contributed by atoms with Crippen LogP contribution in [0.2, 0.25) is 0 Å². The first-order valence-electron chi connectivity index (χ1n) is 17.0. The molecule has 51 heavy (non-hydrogen) atoms. The van der Waals surface area contributed by atoms with Crippen LogP contribution in [0, 0.1) is 5.92 Å². The molecule has 3 atom stereocenters. The van der Waals surface area contributed by atoms with E-state index in [0.717, 1.165) is 18.2 Å². The van der Waals surface area contributed by atoms with Crippen molar-refractivity contribution in [1.82, 2.24) is 21.3 Å². The zero-order valence-corrected chi connectivity index (χ0v) is 30.3. The van der Waals surface area contributed by atoms with Crippen LogP contribution >= 0.6 is 0 Å². The monoisotopic (exact) mass is 712 g/mol. The largest absolute Gasteiger partial charge is 0.467 e. The third-order valence-corrected chi connectivity index (χ3v) is 7.16. The molecule has 0 saturated carbocycles. The minimum atomic E-state index is -1.38. The van der Waals surface area contributed by atoms with Gasteiger partial charge in [-0.2, -0.15) is 0 Å². The van der Waals surface area contributed by atoms with Crippen LogP contribution in [0.5, 0.6) is 0 Å². The van der Waals surface area contributed by atoms with E-state index in [2.05, 4.69) is 21.3 Å². The number of unbranched alkanes of at least 4 members (excludes halogenated alkanes) is 1. The molecule has 4 N–H and O–H groups in total. The zero-order valence-electron chi connectivity index (χ0n) is 30.3. The van der Waals surface area contributed by atoms with E-state index in [1.165, 1.54) is 0 Å². The second-order valence-electron chi connectivity index (χ2n) is 13.3. The minimum absolute atomic E-state index is 0.0199. The van der Waals surface area contributed by atoms with Crippen molar-refractivity contribution in [2.24, 2.45) is 5.92 Å².